The lowest BCUT2D eigenvalue weighted by atomic mass is 10.2. The van der Waals surface area contributed by atoms with E-state index in [9.17, 15) is 9.90 Å². The second-order valence-electron chi connectivity index (χ2n) is 6.73. The first kappa shape index (κ1) is 20.6. The quantitative estimate of drug-likeness (QED) is 0.501. The SMILES string of the molecule is COc1cc(C=O)ccc1OCC(O)CN(Cc1ccccc1)Cc1ccco1. The first-order valence-electron chi connectivity index (χ1n) is 9.40. The third-order valence-electron chi connectivity index (χ3n) is 4.43. The average molecular weight is 395 g/mol. The van der Waals surface area contributed by atoms with Crippen LogP contribution in [0.5, 0.6) is 11.5 Å². The van der Waals surface area contributed by atoms with Crippen LogP contribution in [0.15, 0.2) is 71.3 Å². The number of nitrogens with zero attached hydrogens (tertiary/aromatic N) is 1. The number of ether oxygens (including phenoxy) is 2. The Morgan fingerprint density at radius 3 is 2.59 bits per heavy atom. The Hall–Kier alpha value is -3.09. The number of aliphatic hydroxyl groups is 1. The maximum absolute atomic E-state index is 10.9. The summed E-state index contributed by atoms with van der Waals surface area (Å²) in [6.45, 7) is 1.76. The fraction of sp³-hybridized carbons (Fsp3) is 0.261. The predicted molar refractivity (Wildman–Crippen MR) is 109 cm³/mol. The summed E-state index contributed by atoms with van der Waals surface area (Å²) in [5.74, 6) is 1.77. The van der Waals surface area contributed by atoms with Crippen molar-refractivity contribution >= 4 is 6.29 Å². The summed E-state index contributed by atoms with van der Waals surface area (Å²) in [6, 6.07) is 18.8. The van der Waals surface area contributed by atoms with Crippen LogP contribution in [0.2, 0.25) is 0 Å². The van der Waals surface area contributed by atoms with Gasteiger partial charge in [-0.25, -0.2) is 0 Å². The third kappa shape index (κ3) is 6.20. The molecule has 152 valence electrons. The molecule has 6 nitrogen and oxygen atoms in total. The predicted octanol–water partition coefficient (Wildman–Crippen LogP) is 3.54. The molecule has 0 aliphatic heterocycles. The van der Waals surface area contributed by atoms with Crippen molar-refractivity contribution in [1.82, 2.24) is 4.90 Å². The number of carbonyl (C=O) groups is 1. The highest BCUT2D eigenvalue weighted by molar-refractivity contribution is 5.76. The number of hydrogen-bond acceptors (Lipinski definition) is 6. The largest absolute Gasteiger partial charge is 0.493 e. The lowest BCUT2D eigenvalue weighted by Crippen LogP contribution is -2.35. The highest BCUT2D eigenvalue weighted by Crippen LogP contribution is 2.27. The number of carbonyl (C=O) groups excluding carboxylic acids is 1. The molecule has 0 aliphatic rings. The van der Waals surface area contributed by atoms with Gasteiger partial charge in [0.1, 0.15) is 24.8 Å². The fourth-order valence-electron chi connectivity index (χ4n) is 3.06. The van der Waals surface area contributed by atoms with Crippen LogP contribution in [0, 0.1) is 0 Å². The zero-order valence-electron chi connectivity index (χ0n) is 16.4. The van der Waals surface area contributed by atoms with E-state index in [1.807, 2.05) is 30.3 Å². The molecule has 3 aromatic rings. The van der Waals surface area contributed by atoms with Gasteiger partial charge in [-0.3, -0.25) is 9.69 Å². The number of hydrogen-bond donors (Lipinski definition) is 1. The van der Waals surface area contributed by atoms with Crippen molar-refractivity contribution in [3.05, 3.63) is 83.8 Å². The van der Waals surface area contributed by atoms with Gasteiger partial charge in [-0.05, 0) is 35.9 Å². The van der Waals surface area contributed by atoms with Gasteiger partial charge in [-0.15, -0.1) is 0 Å². The first-order chi connectivity index (χ1) is 14.2. The third-order valence-corrected chi connectivity index (χ3v) is 4.43. The summed E-state index contributed by atoms with van der Waals surface area (Å²) >= 11 is 0. The Kier molecular flexibility index (Phi) is 7.44. The molecule has 0 saturated carbocycles. The van der Waals surface area contributed by atoms with Crippen molar-refractivity contribution in [2.45, 2.75) is 19.2 Å². The Bertz CT molecular complexity index is 880. The van der Waals surface area contributed by atoms with Crippen LogP contribution in [0.1, 0.15) is 21.7 Å². The highest BCUT2D eigenvalue weighted by Gasteiger charge is 2.16. The van der Waals surface area contributed by atoms with Gasteiger partial charge >= 0.3 is 0 Å². The van der Waals surface area contributed by atoms with Gasteiger partial charge in [0.15, 0.2) is 11.5 Å². The number of furan rings is 1. The fourth-order valence-corrected chi connectivity index (χ4v) is 3.06. The summed E-state index contributed by atoms with van der Waals surface area (Å²) in [5, 5.41) is 10.6. The van der Waals surface area contributed by atoms with Crippen LogP contribution < -0.4 is 9.47 Å². The number of methoxy groups -OCH3 is 1. The van der Waals surface area contributed by atoms with E-state index in [0.717, 1.165) is 17.6 Å². The van der Waals surface area contributed by atoms with E-state index in [0.29, 0.717) is 36.7 Å². The van der Waals surface area contributed by atoms with Crippen molar-refractivity contribution < 1.29 is 23.8 Å². The molecule has 3 rings (SSSR count). The lowest BCUT2D eigenvalue weighted by Gasteiger charge is -2.24. The number of rotatable bonds is 11. The minimum atomic E-state index is -0.718. The van der Waals surface area contributed by atoms with Crippen molar-refractivity contribution in [3.8, 4) is 11.5 Å². The molecule has 0 aliphatic carbocycles. The molecule has 0 fully saturated rings. The van der Waals surface area contributed by atoms with E-state index in [4.69, 9.17) is 13.9 Å². The monoisotopic (exact) mass is 395 g/mol. The molecule has 1 atom stereocenters. The second kappa shape index (κ2) is 10.5. The second-order valence-corrected chi connectivity index (χ2v) is 6.73. The van der Waals surface area contributed by atoms with Crippen LogP contribution in [0.25, 0.3) is 0 Å². The normalized spacial score (nSPS) is 12.0. The first-order valence-corrected chi connectivity index (χ1v) is 9.40. The Morgan fingerprint density at radius 1 is 1.07 bits per heavy atom. The van der Waals surface area contributed by atoms with Crippen LogP contribution in [0.3, 0.4) is 0 Å². The molecular weight excluding hydrogens is 370 g/mol. The zero-order chi connectivity index (χ0) is 20.5. The van der Waals surface area contributed by atoms with Crippen LogP contribution in [0.4, 0.5) is 0 Å². The van der Waals surface area contributed by atoms with Crippen LogP contribution in [-0.2, 0) is 13.1 Å². The maximum Gasteiger partial charge on any atom is 0.161 e. The smallest absolute Gasteiger partial charge is 0.161 e. The van der Waals surface area contributed by atoms with E-state index in [1.165, 1.54) is 7.11 Å². The van der Waals surface area contributed by atoms with E-state index in [-0.39, 0.29) is 6.61 Å². The molecule has 1 unspecified atom stereocenters. The molecule has 0 spiro atoms. The van der Waals surface area contributed by atoms with Crippen molar-refractivity contribution in [3.63, 3.8) is 0 Å². The van der Waals surface area contributed by atoms with Gasteiger partial charge in [0.05, 0.1) is 19.9 Å². The van der Waals surface area contributed by atoms with Crippen molar-refractivity contribution in [2.24, 2.45) is 0 Å². The van der Waals surface area contributed by atoms with Crippen LogP contribution in [-0.4, -0.2) is 42.7 Å². The Labute approximate surface area is 170 Å². The van der Waals surface area contributed by atoms with Gasteiger partial charge in [0, 0.05) is 18.7 Å². The molecule has 1 aromatic heterocycles. The molecule has 0 radical (unpaired) electrons. The molecule has 1 heterocycles. The van der Waals surface area contributed by atoms with Gasteiger partial charge in [0.2, 0.25) is 0 Å². The minimum Gasteiger partial charge on any atom is -0.493 e. The highest BCUT2D eigenvalue weighted by atomic mass is 16.5. The van der Waals surface area contributed by atoms with Gasteiger partial charge in [-0.2, -0.15) is 0 Å². The molecule has 6 heteroatoms. The molecule has 0 amide bonds. The zero-order valence-corrected chi connectivity index (χ0v) is 16.4. The Balaban J connectivity index is 1.61. The number of aldehydes is 1. The summed E-state index contributed by atoms with van der Waals surface area (Å²) in [6.07, 6.45) is 1.67. The molecule has 2 aromatic carbocycles. The number of benzene rings is 2. The lowest BCUT2D eigenvalue weighted by molar-refractivity contribution is 0.0596. The van der Waals surface area contributed by atoms with Crippen LogP contribution >= 0.6 is 0 Å². The summed E-state index contributed by atoms with van der Waals surface area (Å²) in [5.41, 5.74) is 1.65. The summed E-state index contributed by atoms with van der Waals surface area (Å²) in [4.78, 5) is 13.0. The average Bonchev–Trinajstić information content (AvgIpc) is 3.25. The topological polar surface area (TPSA) is 72.1 Å². The molecule has 29 heavy (non-hydrogen) atoms. The van der Waals surface area contributed by atoms with E-state index in [1.54, 1.807) is 24.5 Å². The van der Waals surface area contributed by atoms with E-state index in [2.05, 4.69) is 17.0 Å². The Morgan fingerprint density at radius 2 is 1.90 bits per heavy atom. The molecule has 0 bridgehead atoms. The van der Waals surface area contributed by atoms with E-state index >= 15 is 0 Å². The summed E-state index contributed by atoms with van der Waals surface area (Å²) < 4.78 is 16.5. The van der Waals surface area contributed by atoms with Gasteiger partial charge in [0.25, 0.3) is 0 Å². The molecule has 1 N–H and O–H groups in total. The van der Waals surface area contributed by atoms with Crippen molar-refractivity contribution in [1.29, 1.82) is 0 Å². The minimum absolute atomic E-state index is 0.0975. The van der Waals surface area contributed by atoms with E-state index < -0.39 is 6.10 Å². The molecular formula is C23H25NO5. The van der Waals surface area contributed by atoms with Gasteiger partial charge in [-0.1, -0.05) is 30.3 Å². The number of aliphatic hydroxyl groups excluding tert-OH is 1. The van der Waals surface area contributed by atoms with Gasteiger partial charge < -0.3 is 19.0 Å². The maximum atomic E-state index is 10.9. The molecule has 0 saturated heterocycles. The summed E-state index contributed by atoms with van der Waals surface area (Å²) in [7, 11) is 1.51. The van der Waals surface area contributed by atoms with Crippen molar-refractivity contribution in [2.75, 3.05) is 20.3 Å². The standard InChI is InChI=1S/C23H25NO5/c1-27-23-12-19(16-25)9-10-22(23)29-17-20(26)14-24(15-21-8-5-11-28-21)13-18-6-3-2-4-7-18/h2-12,16,20,26H,13-15,17H2,1H3.